The van der Waals surface area contributed by atoms with Crippen LogP contribution >= 0.6 is 0 Å². The molecule has 2 aromatic heterocycles. The van der Waals surface area contributed by atoms with Gasteiger partial charge in [-0.2, -0.15) is 5.10 Å². The third-order valence-corrected chi connectivity index (χ3v) is 3.79. The van der Waals surface area contributed by atoms with Gasteiger partial charge in [0, 0.05) is 11.6 Å². The molecular weight excluding hydrogens is 288 g/mol. The molecule has 0 N–H and O–H groups in total. The standard InChI is InChI=1S/C19H14N2O2/c1-13-9-10-21(20-13)16-7-8-18-15(11-16)12-17(19(22)23-18)14-5-3-2-4-6-14/h2-12H,1H3. The first kappa shape index (κ1) is 13.5. The zero-order valence-electron chi connectivity index (χ0n) is 12.6. The van der Waals surface area contributed by atoms with Crippen LogP contribution in [0.3, 0.4) is 0 Å². The van der Waals surface area contributed by atoms with Crippen molar-refractivity contribution in [3.8, 4) is 16.8 Å². The van der Waals surface area contributed by atoms with Crippen molar-refractivity contribution in [3.05, 3.63) is 83.0 Å². The lowest BCUT2D eigenvalue weighted by molar-refractivity contribution is 0.563. The zero-order chi connectivity index (χ0) is 15.8. The minimum absolute atomic E-state index is 0.327. The lowest BCUT2D eigenvalue weighted by Crippen LogP contribution is -2.03. The fourth-order valence-corrected chi connectivity index (χ4v) is 2.63. The van der Waals surface area contributed by atoms with Gasteiger partial charge in [-0.15, -0.1) is 0 Å². The van der Waals surface area contributed by atoms with Gasteiger partial charge < -0.3 is 4.42 Å². The van der Waals surface area contributed by atoms with Crippen molar-refractivity contribution in [2.45, 2.75) is 6.92 Å². The number of rotatable bonds is 2. The molecule has 0 radical (unpaired) electrons. The molecule has 0 fully saturated rings. The third-order valence-electron chi connectivity index (χ3n) is 3.79. The van der Waals surface area contributed by atoms with E-state index in [1.807, 2.05) is 72.4 Å². The molecule has 2 aromatic carbocycles. The molecule has 23 heavy (non-hydrogen) atoms. The number of nitrogens with zero attached hydrogens (tertiary/aromatic N) is 2. The lowest BCUT2D eigenvalue weighted by atomic mass is 10.1. The summed E-state index contributed by atoms with van der Waals surface area (Å²) in [4.78, 5) is 12.2. The van der Waals surface area contributed by atoms with Crippen LogP contribution in [0.2, 0.25) is 0 Å². The van der Waals surface area contributed by atoms with E-state index in [0.29, 0.717) is 11.1 Å². The quantitative estimate of drug-likeness (QED) is 0.527. The topological polar surface area (TPSA) is 48.0 Å². The van der Waals surface area contributed by atoms with Crippen molar-refractivity contribution in [1.29, 1.82) is 0 Å². The monoisotopic (exact) mass is 302 g/mol. The van der Waals surface area contributed by atoms with E-state index in [0.717, 1.165) is 22.3 Å². The van der Waals surface area contributed by atoms with Crippen LogP contribution in [0.1, 0.15) is 5.69 Å². The van der Waals surface area contributed by atoms with Gasteiger partial charge in [0.15, 0.2) is 0 Å². The fourth-order valence-electron chi connectivity index (χ4n) is 2.63. The number of hydrogen-bond donors (Lipinski definition) is 0. The van der Waals surface area contributed by atoms with Gasteiger partial charge in [0.05, 0.1) is 16.9 Å². The van der Waals surface area contributed by atoms with E-state index in [4.69, 9.17) is 4.42 Å². The first-order valence-corrected chi connectivity index (χ1v) is 7.37. The van der Waals surface area contributed by atoms with Crippen molar-refractivity contribution in [2.75, 3.05) is 0 Å². The third kappa shape index (κ3) is 2.44. The second kappa shape index (κ2) is 5.25. The molecule has 0 saturated heterocycles. The predicted octanol–water partition coefficient (Wildman–Crippen LogP) is 3.95. The van der Waals surface area contributed by atoms with Gasteiger partial charge in [0.25, 0.3) is 0 Å². The van der Waals surface area contributed by atoms with Crippen LogP contribution < -0.4 is 5.63 Å². The zero-order valence-corrected chi connectivity index (χ0v) is 12.6. The number of aromatic nitrogens is 2. The van der Waals surface area contributed by atoms with Crippen molar-refractivity contribution >= 4 is 11.0 Å². The summed E-state index contributed by atoms with van der Waals surface area (Å²) in [5, 5.41) is 5.28. The van der Waals surface area contributed by atoms with Gasteiger partial charge in [0.2, 0.25) is 0 Å². The fraction of sp³-hybridized carbons (Fsp3) is 0.0526. The molecule has 0 aliphatic rings. The minimum atomic E-state index is -0.327. The minimum Gasteiger partial charge on any atom is -0.422 e. The molecule has 0 unspecified atom stereocenters. The molecule has 0 atom stereocenters. The lowest BCUT2D eigenvalue weighted by Gasteiger charge is -2.05. The van der Waals surface area contributed by atoms with Crippen LogP contribution in [-0.4, -0.2) is 9.78 Å². The largest absolute Gasteiger partial charge is 0.422 e. The molecule has 4 heteroatoms. The molecule has 0 spiro atoms. The van der Waals surface area contributed by atoms with Gasteiger partial charge in [-0.05, 0) is 42.8 Å². The predicted molar refractivity (Wildman–Crippen MR) is 89.8 cm³/mol. The van der Waals surface area contributed by atoms with E-state index in [1.165, 1.54) is 0 Å². The summed E-state index contributed by atoms with van der Waals surface area (Å²) in [7, 11) is 0. The van der Waals surface area contributed by atoms with Crippen LogP contribution in [0, 0.1) is 6.92 Å². The first-order chi connectivity index (χ1) is 11.2. The normalized spacial score (nSPS) is 11.0. The number of benzene rings is 2. The van der Waals surface area contributed by atoms with E-state index < -0.39 is 0 Å². The van der Waals surface area contributed by atoms with Gasteiger partial charge in [-0.25, -0.2) is 9.48 Å². The maximum Gasteiger partial charge on any atom is 0.344 e. The Labute approximate surface area is 132 Å². The molecule has 0 aliphatic carbocycles. The van der Waals surface area contributed by atoms with Crippen LogP contribution in [-0.2, 0) is 0 Å². The van der Waals surface area contributed by atoms with E-state index in [9.17, 15) is 4.79 Å². The van der Waals surface area contributed by atoms with Crippen molar-refractivity contribution in [1.82, 2.24) is 9.78 Å². The summed E-state index contributed by atoms with van der Waals surface area (Å²) < 4.78 is 7.27. The number of fused-ring (bicyclic) bond motifs is 1. The van der Waals surface area contributed by atoms with Crippen molar-refractivity contribution in [3.63, 3.8) is 0 Å². The van der Waals surface area contributed by atoms with E-state index >= 15 is 0 Å². The Morgan fingerprint density at radius 2 is 1.83 bits per heavy atom. The Hall–Kier alpha value is -3.14. The van der Waals surface area contributed by atoms with Gasteiger partial charge in [-0.1, -0.05) is 30.3 Å². The smallest absolute Gasteiger partial charge is 0.344 e. The summed E-state index contributed by atoms with van der Waals surface area (Å²) in [5.74, 6) is 0. The van der Waals surface area contributed by atoms with Crippen LogP contribution in [0.25, 0.3) is 27.8 Å². The number of hydrogen-bond acceptors (Lipinski definition) is 3. The number of aryl methyl sites for hydroxylation is 1. The van der Waals surface area contributed by atoms with Crippen molar-refractivity contribution in [2.24, 2.45) is 0 Å². The van der Waals surface area contributed by atoms with Crippen molar-refractivity contribution < 1.29 is 4.42 Å². The molecule has 0 saturated carbocycles. The summed E-state index contributed by atoms with van der Waals surface area (Å²) in [6.07, 6.45) is 1.91. The van der Waals surface area contributed by atoms with Gasteiger partial charge >= 0.3 is 5.63 Å². The highest BCUT2D eigenvalue weighted by Crippen LogP contribution is 2.23. The Kier molecular flexibility index (Phi) is 3.08. The average molecular weight is 302 g/mol. The van der Waals surface area contributed by atoms with Crippen LogP contribution in [0.15, 0.2) is 76.1 Å². The molecule has 2 heterocycles. The van der Waals surface area contributed by atoms with E-state index in [1.54, 1.807) is 6.07 Å². The average Bonchev–Trinajstić information content (AvgIpc) is 3.01. The molecule has 112 valence electrons. The Balaban J connectivity index is 1.91. The maximum absolute atomic E-state index is 12.2. The molecule has 0 bridgehead atoms. The molecular formula is C19H14N2O2. The molecule has 4 aromatic rings. The highest BCUT2D eigenvalue weighted by Gasteiger charge is 2.08. The van der Waals surface area contributed by atoms with Crippen LogP contribution in [0.4, 0.5) is 0 Å². The van der Waals surface area contributed by atoms with E-state index in [-0.39, 0.29) is 5.63 Å². The SMILES string of the molecule is Cc1ccn(-c2ccc3oc(=O)c(-c4ccccc4)cc3c2)n1. The summed E-state index contributed by atoms with van der Waals surface area (Å²) in [6.45, 7) is 1.95. The second-order valence-corrected chi connectivity index (χ2v) is 5.44. The Bertz CT molecular complexity index is 1050. The first-order valence-electron chi connectivity index (χ1n) is 7.37. The maximum atomic E-state index is 12.2. The summed E-state index contributed by atoms with van der Waals surface area (Å²) in [6, 6.07) is 19.0. The highest BCUT2D eigenvalue weighted by molar-refractivity contribution is 5.83. The van der Waals surface area contributed by atoms with Gasteiger partial charge in [0.1, 0.15) is 5.58 Å². The molecule has 4 rings (SSSR count). The summed E-state index contributed by atoms with van der Waals surface area (Å²) in [5.41, 5.74) is 3.54. The molecule has 0 aliphatic heterocycles. The van der Waals surface area contributed by atoms with Gasteiger partial charge in [-0.3, -0.25) is 0 Å². The Morgan fingerprint density at radius 3 is 2.57 bits per heavy atom. The highest BCUT2D eigenvalue weighted by atomic mass is 16.4. The molecule has 4 nitrogen and oxygen atoms in total. The second-order valence-electron chi connectivity index (χ2n) is 5.44. The van der Waals surface area contributed by atoms with Crippen LogP contribution in [0.5, 0.6) is 0 Å². The molecule has 0 amide bonds. The Morgan fingerprint density at radius 1 is 1.00 bits per heavy atom. The van der Waals surface area contributed by atoms with E-state index in [2.05, 4.69) is 5.10 Å². The summed E-state index contributed by atoms with van der Waals surface area (Å²) >= 11 is 0.